The second-order valence-corrected chi connectivity index (χ2v) is 3.71. The van der Waals surface area contributed by atoms with Crippen LogP contribution in [0.3, 0.4) is 0 Å². The number of nitrogens with zero attached hydrogens (tertiary/aromatic N) is 3. The Morgan fingerprint density at radius 2 is 2.06 bits per heavy atom. The van der Waals surface area contributed by atoms with Gasteiger partial charge in [0.2, 0.25) is 0 Å². The van der Waals surface area contributed by atoms with Gasteiger partial charge in [-0.1, -0.05) is 6.92 Å². The molecule has 18 heavy (non-hydrogen) atoms. The quantitative estimate of drug-likeness (QED) is 0.846. The molecule has 0 atom stereocenters. The fourth-order valence-corrected chi connectivity index (χ4v) is 1.49. The second kappa shape index (κ2) is 5.22. The summed E-state index contributed by atoms with van der Waals surface area (Å²) in [5, 5.41) is 2.69. The zero-order valence-corrected chi connectivity index (χ0v) is 9.92. The fraction of sp³-hybridized carbons (Fsp3) is 0.167. The van der Waals surface area contributed by atoms with Gasteiger partial charge in [-0.3, -0.25) is 4.79 Å². The Bertz CT molecular complexity index is 556. The Labute approximate surface area is 104 Å². The molecule has 0 aromatic carbocycles. The molecule has 92 valence electrons. The van der Waals surface area contributed by atoms with Crippen molar-refractivity contribution in [3.63, 3.8) is 0 Å². The van der Waals surface area contributed by atoms with Crippen LogP contribution in [0.2, 0.25) is 0 Å². The number of rotatable bonds is 3. The van der Waals surface area contributed by atoms with Gasteiger partial charge in [0.05, 0.1) is 18.1 Å². The van der Waals surface area contributed by atoms with Crippen LogP contribution in [0.15, 0.2) is 30.9 Å². The van der Waals surface area contributed by atoms with Gasteiger partial charge in [0.1, 0.15) is 12.1 Å². The highest BCUT2D eigenvalue weighted by atomic mass is 16.1. The number of carbonyl (C=O) groups is 1. The van der Waals surface area contributed by atoms with E-state index in [-0.39, 0.29) is 5.91 Å². The first-order chi connectivity index (χ1) is 8.69. The van der Waals surface area contributed by atoms with Crippen LogP contribution in [-0.2, 0) is 6.42 Å². The third-order valence-electron chi connectivity index (χ3n) is 2.34. The van der Waals surface area contributed by atoms with Crippen LogP contribution >= 0.6 is 0 Å². The van der Waals surface area contributed by atoms with Gasteiger partial charge < -0.3 is 11.1 Å². The maximum atomic E-state index is 12.0. The first kappa shape index (κ1) is 12.0. The monoisotopic (exact) mass is 243 g/mol. The number of amides is 1. The molecule has 1 amide bonds. The molecule has 2 heterocycles. The van der Waals surface area contributed by atoms with Crippen molar-refractivity contribution >= 4 is 17.4 Å². The summed E-state index contributed by atoms with van der Waals surface area (Å²) in [5.41, 5.74) is 7.45. The highest BCUT2D eigenvalue weighted by Crippen LogP contribution is 2.11. The van der Waals surface area contributed by atoms with E-state index in [1.165, 1.54) is 24.8 Å². The summed E-state index contributed by atoms with van der Waals surface area (Å²) >= 11 is 0. The summed E-state index contributed by atoms with van der Waals surface area (Å²) < 4.78 is 0. The second-order valence-electron chi connectivity index (χ2n) is 3.71. The van der Waals surface area contributed by atoms with Crippen molar-refractivity contribution in [1.82, 2.24) is 15.0 Å². The molecule has 6 nitrogen and oxygen atoms in total. The summed E-state index contributed by atoms with van der Waals surface area (Å²) in [6, 6.07) is 3.26. The number of anilines is 2. The molecule has 6 heteroatoms. The first-order valence-corrected chi connectivity index (χ1v) is 5.52. The van der Waals surface area contributed by atoms with Crippen molar-refractivity contribution in [3.8, 4) is 0 Å². The van der Waals surface area contributed by atoms with E-state index in [1.807, 2.05) is 6.92 Å². The molecular weight excluding hydrogens is 230 g/mol. The summed E-state index contributed by atoms with van der Waals surface area (Å²) in [4.78, 5) is 23.7. The molecule has 0 aliphatic carbocycles. The van der Waals surface area contributed by atoms with Crippen molar-refractivity contribution in [3.05, 3.63) is 42.1 Å². The number of carbonyl (C=O) groups excluding carboxylic acids is 1. The SMILES string of the molecule is CCc1cc(C(=O)Nc2cncnc2)cc(N)n1. The Balaban J connectivity index is 2.21. The van der Waals surface area contributed by atoms with Gasteiger partial charge in [0.25, 0.3) is 5.91 Å². The number of aromatic nitrogens is 3. The average Bonchev–Trinajstić information content (AvgIpc) is 2.39. The Kier molecular flexibility index (Phi) is 3.47. The van der Waals surface area contributed by atoms with E-state index in [9.17, 15) is 4.79 Å². The van der Waals surface area contributed by atoms with Gasteiger partial charge in [-0.25, -0.2) is 15.0 Å². The molecular formula is C12H13N5O. The highest BCUT2D eigenvalue weighted by Gasteiger charge is 2.09. The van der Waals surface area contributed by atoms with Crippen molar-refractivity contribution in [2.45, 2.75) is 13.3 Å². The Hall–Kier alpha value is -2.50. The molecule has 0 unspecified atom stereocenters. The molecule has 0 aliphatic rings. The molecule has 0 bridgehead atoms. The van der Waals surface area contributed by atoms with E-state index in [2.05, 4.69) is 20.3 Å². The summed E-state index contributed by atoms with van der Waals surface area (Å²) in [6.07, 6.45) is 5.17. The van der Waals surface area contributed by atoms with E-state index < -0.39 is 0 Å². The van der Waals surface area contributed by atoms with Crippen molar-refractivity contribution in [2.24, 2.45) is 0 Å². The number of nitrogens with one attached hydrogen (secondary N) is 1. The maximum Gasteiger partial charge on any atom is 0.255 e. The third-order valence-corrected chi connectivity index (χ3v) is 2.34. The van der Waals surface area contributed by atoms with E-state index in [4.69, 9.17) is 5.73 Å². The lowest BCUT2D eigenvalue weighted by molar-refractivity contribution is 0.102. The van der Waals surface area contributed by atoms with Gasteiger partial charge in [0.15, 0.2) is 0 Å². The topological polar surface area (TPSA) is 93.8 Å². The van der Waals surface area contributed by atoms with E-state index in [0.29, 0.717) is 17.1 Å². The van der Waals surface area contributed by atoms with Crippen LogP contribution < -0.4 is 11.1 Å². The van der Waals surface area contributed by atoms with Crippen LogP contribution in [0.4, 0.5) is 11.5 Å². The van der Waals surface area contributed by atoms with Crippen LogP contribution in [-0.4, -0.2) is 20.9 Å². The maximum absolute atomic E-state index is 12.0. The standard InChI is InChI=1S/C12H13N5O/c1-2-9-3-8(4-11(13)16-9)12(18)17-10-5-14-7-15-6-10/h3-7H,2H2,1H3,(H2,13,16)(H,17,18). The van der Waals surface area contributed by atoms with Crippen LogP contribution in [0.5, 0.6) is 0 Å². The van der Waals surface area contributed by atoms with E-state index in [1.54, 1.807) is 6.07 Å². The normalized spacial score (nSPS) is 10.1. The van der Waals surface area contributed by atoms with Crippen LogP contribution in [0.1, 0.15) is 23.0 Å². The largest absolute Gasteiger partial charge is 0.384 e. The molecule has 0 spiro atoms. The molecule has 0 saturated carbocycles. The summed E-state index contributed by atoms with van der Waals surface area (Å²) in [5.74, 6) is 0.0809. The molecule has 2 aromatic heterocycles. The van der Waals surface area contributed by atoms with Crippen molar-refractivity contribution < 1.29 is 4.79 Å². The smallest absolute Gasteiger partial charge is 0.255 e. The fourth-order valence-electron chi connectivity index (χ4n) is 1.49. The van der Waals surface area contributed by atoms with Gasteiger partial charge in [0, 0.05) is 11.3 Å². The van der Waals surface area contributed by atoms with Gasteiger partial charge in [-0.05, 0) is 18.6 Å². The zero-order valence-electron chi connectivity index (χ0n) is 9.92. The predicted octanol–water partition coefficient (Wildman–Crippen LogP) is 1.27. The minimum absolute atomic E-state index is 0.256. The lowest BCUT2D eigenvalue weighted by Gasteiger charge is -2.06. The highest BCUT2D eigenvalue weighted by molar-refractivity contribution is 6.04. The molecule has 0 fully saturated rings. The molecule has 2 rings (SSSR count). The van der Waals surface area contributed by atoms with Gasteiger partial charge in [-0.15, -0.1) is 0 Å². The summed E-state index contributed by atoms with van der Waals surface area (Å²) in [7, 11) is 0. The van der Waals surface area contributed by atoms with E-state index >= 15 is 0 Å². The third kappa shape index (κ3) is 2.79. The molecule has 0 saturated heterocycles. The number of nitrogen functional groups attached to an aromatic ring is 1. The van der Waals surface area contributed by atoms with Crippen molar-refractivity contribution in [2.75, 3.05) is 11.1 Å². The zero-order chi connectivity index (χ0) is 13.0. The van der Waals surface area contributed by atoms with E-state index in [0.717, 1.165) is 12.1 Å². The Morgan fingerprint density at radius 1 is 1.33 bits per heavy atom. The lowest BCUT2D eigenvalue weighted by atomic mass is 10.2. The number of hydrogen-bond acceptors (Lipinski definition) is 5. The van der Waals surface area contributed by atoms with Gasteiger partial charge >= 0.3 is 0 Å². The first-order valence-electron chi connectivity index (χ1n) is 5.52. The minimum atomic E-state index is -0.256. The number of hydrogen-bond donors (Lipinski definition) is 2. The Morgan fingerprint density at radius 3 is 2.72 bits per heavy atom. The van der Waals surface area contributed by atoms with Crippen LogP contribution in [0.25, 0.3) is 0 Å². The summed E-state index contributed by atoms with van der Waals surface area (Å²) in [6.45, 7) is 1.95. The van der Waals surface area contributed by atoms with Crippen LogP contribution in [0, 0.1) is 0 Å². The molecule has 0 aliphatic heterocycles. The lowest BCUT2D eigenvalue weighted by Crippen LogP contribution is -2.13. The molecule has 2 aromatic rings. The number of pyridine rings is 1. The number of aryl methyl sites for hydroxylation is 1. The minimum Gasteiger partial charge on any atom is -0.384 e. The van der Waals surface area contributed by atoms with Gasteiger partial charge in [-0.2, -0.15) is 0 Å². The molecule has 3 N–H and O–H groups in total. The molecule has 0 radical (unpaired) electrons. The number of nitrogens with two attached hydrogens (primary N) is 1. The predicted molar refractivity (Wildman–Crippen MR) is 68.0 cm³/mol. The average molecular weight is 243 g/mol. The van der Waals surface area contributed by atoms with Crippen molar-refractivity contribution in [1.29, 1.82) is 0 Å².